The zero-order valence-electron chi connectivity index (χ0n) is 9.43. The fraction of sp³-hybridized carbons (Fsp3) is 0.462. The highest BCUT2D eigenvalue weighted by Gasteiger charge is 2.08. The second-order valence-corrected chi connectivity index (χ2v) is 3.89. The molecule has 0 bridgehead atoms. The lowest BCUT2D eigenvalue weighted by atomic mass is 10.0. The first kappa shape index (κ1) is 12.8. The van der Waals surface area contributed by atoms with Gasteiger partial charge in [0.1, 0.15) is 11.6 Å². The quantitative estimate of drug-likeness (QED) is 0.526. The number of Topliss-reactive ketones (excluding diaryl/α,β-unsaturated/α-hetero) is 1. The molecule has 88 valence electrons. The highest BCUT2D eigenvalue weighted by atomic mass is 19.1. The topological polar surface area (TPSA) is 17.1 Å². The Morgan fingerprint density at radius 3 is 2.25 bits per heavy atom. The maximum Gasteiger partial charge on any atom is 0.163 e. The van der Waals surface area contributed by atoms with E-state index in [0.29, 0.717) is 6.42 Å². The molecule has 0 saturated heterocycles. The molecule has 0 aliphatic rings. The van der Waals surface area contributed by atoms with Gasteiger partial charge < -0.3 is 0 Å². The van der Waals surface area contributed by atoms with Crippen molar-refractivity contribution in [3.05, 3.63) is 35.4 Å². The van der Waals surface area contributed by atoms with Gasteiger partial charge in [-0.15, -0.1) is 0 Å². The summed E-state index contributed by atoms with van der Waals surface area (Å²) in [6.07, 6.45) is 4.32. The molecule has 0 radical (unpaired) electrons. The lowest BCUT2D eigenvalue weighted by molar-refractivity contribution is 0.0978. The van der Waals surface area contributed by atoms with Crippen molar-refractivity contribution in [3.63, 3.8) is 0 Å². The third kappa shape index (κ3) is 4.09. The molecule has 16 heavy (non-hydrogen) atoms. The van der Waals surface area contributed by atoms with Gasteiger partial charge in [-0.1, -0.05) is 26.2 Å². The van der Waals surface area contributed by atoms with Crippen molar-refractivity contribution in [2.24, 2.45) is 0 Å². The molecule has 0 atom stereocenters. The van der Waals surface area contributed by atoms with Crippen LogP contribution in [0.2, 0.25) is 0 Å². The number of halogens is 2. The summed E-state index contributed by atoms with van der Waals surface area (Å²) in [7, 11) is 0. The van der Waals surface area contributed by atoms with Gasteiger partial charge >= 0.3 is 0 Å². The van der Waals surface area contributed by atoms with Gasteiger partial charge in [-0.3, -0.25) is 4.79 Å². The zero-order valence-corrected chi connectivity index (χ0v) is 9.43. The van der Waals surface area contributed by atoms with E-state index in [1.165, 1.54) is 0 Å². The summed E-state index contributed by atoms with van der Waals surface area (Å²) in [4.78, 5) is 11.6. The normalized spacial score (nSPS) is 10.4. The first-order valence-corrected chi connectivity index (χ1v) is 5.62. The maximum absolute atomic E-state index is 12.8. The number of rotatable bonds is 6. The largest absolute Gasteiger partial charge is 0.294 e. The van der Waals surface area contributed by atoms with E-state index in [9.17, 15) is 13.6 Å². The molecule has 0 saturated carbocycles. The summed E-state index contributed by atoms with van der Waals surface area (Å²) < 4.78 is 25.7. The van der Waals surface area contributed by atoms with Gasteiger partial charge in [0.15, 0.2) is 5.78 Å². The highest BCUT2D eigenvalue weighted by molar-refractivity contribution is 5.96. The van der Waals surface area contributed by atoms with Crippen LogP contribution in [0.5, 0.6) is 0 Å². The monoisotopic (exact) mass is 226 g/mol. The Morgan fingerprint density at radius 1 is 1.06 bits per heavy atom. The highest BCUT2D eigenvalue weighted by Crippen LogP contribution is 2.12. The fourth-order valence-electron chi connectivity index (χ4n) is 1.57. The molecule has 3 heteroatoms. The van der Waals surface area contributed by atoms with E-state index in [2.05, 4.69) is 6.92 Å². The number of benzene rings is 1. The van der Waals surface area contributed by atoms with Gasteiger partial charge in [-0.05, 0) is 18.6 Å². The van der Waals surface area contributed by atoms with Gasteiger partial charge in [-0.2, -0.15) is 0 Å². The van der Waals surface area contributed by atoms with Crippen LogP contribution in [0, 0.1) is 11.6 Å². The second kappa shape index (κ2) is 6.36. The predicted molar refractivity (Wildman–Crippen MR) is 59.4 cm³/mol. The van der Waals surface area contributed by atoms with Crippen molar-refractivity contribution in [1.82, 2.24) is 0 Å². The summed E-state index contributed by atoms with van der Waals surface area (Å²) in [5, 5.41) is 0. The molecule has 0 amide bonds. The molecule has 0 spiro atoms. The van der Waals surface area contributed by atoms with Crippen molar-refractivity contribution < 1.29 is 13.6 Å². The first-order valence-electron chi connectivity index (χ1n) is 5.62. The predicted octanol–water partition coefficient (Wildman–Crippen LogP) is 4.12. The van der Waals surface area contributed by atoms with Crippen LogP contribution in [0.25, 0.3) is 0 Å². The van der Waals surface area contributed by atoms with Crippen molar-refractivity contribution in [1.29, 1.82) is 0 Å². The van der Waals surface area contributed by atoms with Crippen LogP contribution in [-0.2, 0) is 0 Å². The average Bonchev–Trinajstić information content (AvgIpc) is 2.22. The van der Waals surface area contributed by atoms with Gasteiger partial charge in [0.05, 0.1) is 0 Å². The molecule has 0 N–H and O–H groups in total. The van der Waals surface area contributed by atoms with E-state index >= 15 is 0 Å². The van der Waals surface area contributed by atoms with Gasteiger partial charge in [0.2, 0.25) is 0 Å². The fourth-order valence-corrected chi connectivity index (χ4v) is 1.57. The summed E-state index contributed by atoms with van der Waals surface area (Å²) in [5.41, 5.74) is 0.133. The number of hydrogen-bond donors (Lipinski definition) is 0. The molecule has 0 aliphatic carbocycles. The van der Waals surface area contributed by atoms with Crippen LogP contribution < -0.4 is 0 Å². The Labute approximate surface area is 94.5 Å². The van der Waals surface area contributed by atoms with Crippen molar-refractivity contribution in [2.75, 3.05) is 0 Å². The van der Waals surface area contributed by atoms with E-state index in [-0.39, 0.29) is 11.3 Å². The molecule has 1 aromatic carbocycles. The average molecular weight is 226 g/mol. The van der Waals surface area contributed by atoms with Crippen LogP contribution in [0.15, 0.2) is 18.2 Å². The van der Waals surface area contributed by atoms with E-state index < -0.39 is 11.6 Å². The Kier molecular flexibility index (Phi) is 5.09. The Hall–Kier alpha value is -1.25. The SMILES string of the molecule is CCCCCCC(=O)c1cc(F)cc(F)c1. The molecular formula is C13H16F2O. The summed E-state index contributed by atoms with van der Waals surface area (Å²) in [6, 6.07) is 2.95. The van der Waals surface area contributed by atoms with Gasteiger partial charge in [0.25, 0.3) is 0 Å². The smallest absolute Gasteiger partial charge is 0.163 e. The number of hydrogen-bond acceptors (Lipinski definition) is 1. The number of carbonyl (C=O) groups excluding carboxylic acids is 1. The third-order valence-electron chi connectivity index (χ3n) is 2.44. The van der Waals surface area contributed by atoms with Gasteiger partial charge in [-0.25, -0.2) is 8.78 Å². The van der Waals surface area contributed by atoms with Crippen molar-refractivity contribution in [3.8, 4) is 0 Å². The van der Waals surface area contributed by atoms with Crippen molar-refractivity contribution in [2.45, 2.75) is 39.0 Å². The van der Waals surface area contributed by atoms with Crippen LogP contribution >= 0.6 is 0 Å². The molecule has 0 unspecified atom stereocenters. The van der Waals surface area contributed by atoms with Crippen LogP contribution in [0.4, 0.5) is 8.78 Å². The molecule has 0 heterocycles. The summed E-state index contributed by atoms with van der Waals surface area (Å²) >= 11 is 0. The maximum atomic E-state index is 12.8. The molecule has 1 rings (SSSR count). The first-order chi connectivity index (χ1) is 7.63. The van der Waals surface area contributed by atoms with E-state index in [1.807, 2.05) is 0 Å². The molecule has 0 aromatic heterocycles. The molecule has 1 aromatic rings. The van der Waals surface area contributed by atoms with Crippen LogP contribution in [0.1, 0.15) is 49.4 Å². The minimum atomic E-state index is -0.697. The Morgan fingerprint density at radius 2 is 1.69 bits per heavy atom. The number of carbonyl (C=O) groups is 1. The van der Waals surface area contributed by atoms with Crippen LogP contribution in [-0.4, -0.2) is 5.78 Å². The minimum Gasteiger partial charge on any atom is -0.294 e. The zero-order chi connectivity index (χ0) is 12.0. The van der Waals surface area contributed by atoms with E-state index in [4.69, 9.17) is 0 Å². The number of unbranched alkanes of at least 4 members (excludes halogenated alkanes) is 3. The molecule has 0 fully saturated rings. The lowest BCUT2D eigenvalue weighted by Gasteiger charge is -2.01. The summed E-state index contributed by atoms with van der Waals surface area (Å²) in [5.74, 6) is -1.58. The third-order valence-corrected chi connectivity index (χ3v) is 2.44. The molecule has 0 aliphatic heterocycles. The van der Waals surface area contributed by atoms with Crippen LogP contribution in [0.3, 0.4) is 0 Å². The Bertz CT molecular complexity index is 341. The standard InChI is InChI=1S/C13H16F2O/c1-2-3-4-5-6-13(16)10-7-11(14)9-12(15)8-10/h7-9H,2-6H2,1H3. The molecular weight excluding hydrogens is 210 g/mol. The number of ketones is 1. The minimum absolute atomic E-state index is 0.133. The molecule has 1 nitrogen and oxygen atoms in total. The van der Waals surface area contributed by atoms with E-state index in [1.54, 1.807) is 0 Å². The summed E-state index contributed by atoms with van der Waals surface area (Å²) in [6.45, 7) is 2.09. The second-order valence-electron chi connectivity index (χ2n) is 3.89. The lowest BCUT2D eigenvalue weighted by Crippen LogP contribution is -2.00. The Balaban J connectivity index is 2.52. The van der Waals surface area contributed by atoms with Gasteiger partial charge in [0, 0.05) is 18.1 Å². The van der Waals surface area contributed by atoms with Crippen molar-refractivity contribution >= 4 is 5.78 Å². The van der Waals surface area contributed by atoms with E-state index in [0.717, 1.165) is 43.9 Å².